The Balaban J connectivity index is 3.17. The zero-order valence-corrected chi connectivity index (χ0v) is 14.8. The van der Waals surface area contributed by atoms with Crippen molar-refractivity contribution in [2.75, 3.05) is 0 Å². The maximum absolute atomic E-state index is 3.98. The van der Waals surface area contributed by atoms with E-state index in [9.17, 15) is 0 Å². The van der Waals surface area contributed by atoms with Crippen LogP contribution in [0, 0.1) is 18.8 Å². The first-order valence-electron chi connectivity index (χ1n) is 9.49. The van der Waals surface area contributed by atoms with Crippen molar-refractivity contribution < 1.29 is 0 Å². The van der Waals surface area contributed by atoms with Crippen LogP contribution in [-0.4, -0.2) is 0 Å². The van der Waals surface area contributed by atoms with Gasteiger partial charge in [0, 0.05) is 0 Å². The van der Waals surface area contributed by atoms with Crippen molar-refractivity contribution in [2.45, 2.75) is 111 Å². The lowest BCUT2D eigenvalue weighted by Gasteiger charge is -2.13. The second-order valence-electron chi connectivity index (χ2n) is 7.05. The third kappa shape index (κ3) is 14.4. The smallest absolute Gasteiger partial charge is 0.0443 e. The van der Waals surface area contributed by atoms with Crippen molar-refractivity contribution in [3.63, 3.8) is 0 Å². The molecule has 0 aliphatic rings. The van der Waals surface area contributed by atoms with Crippen molar-refractivity contribution in [2.24, 2.45) is 11.8 Å². The zero-order chi connectivity index (χ0) is 15.1. The Kier molecular flexibility index (Phi) is 15.4. The highest BCUT2D eigenvalue weighted by molar-refractivity contribution is 4.59. The molecular weight excluding hydrogens is 240 g/mol. The van der Waals surface area contributed by atoms with Crippen LogP contribution in [0.3, 0.4) is 0 Å². The molecule has 0 rings (SSSR count). The minimum Gasteiger partial charge on any atom is -0.0654 e. The molecule has 0 aliphatic carbocycles. The third-order valence-corrected chi connectivity index (χ3v) is 4.69. The standard InChI is InChI=1S/C20H41/c1-5-7-8-9-10-11-12-13-14-16-20(4)18-15-17-19(3)6-2/h19-20H,2,5-18H2,1,3-4H3. The lowest BCUT2D eigenvalue weighted by Crippen LogP contribution is -1.98. The fourth-order valence-corrected chi connectivity index (χ4v) is 2.91. The molecule has 121 valence electrons. The Morgan fingerprint density at radius 3 is 1.60 bits per heavy atom. The number of hydrogen-bond donors (Lipinski definition) is 0. The first-order valence-corrected chi connectivity index (χ1v) is 9.49. The fourth-order valence-electron chi connectivity index (χ4n) is 2.91. The quantitative estimate of drug-likeness (QED) is 0.271. The summed E-state index contributed by atoms with van der Waals surface area (Å²) in [5.41, 5.74) is 0. The van der Waals surface area contributed by atoms with Gasteiger partial charge >= 0.3 is 0 Å². The summed E-state index contributed by atoms with van der Waals surface area (Å²) < 4.78 is 0. The molecule has 0 nitrogen and oxygen atoms in total. The first-order chi connectivity index (χ1) is 9.70. The molecule has 0 aliphatic heterocycles. The highest BCUT2D eigenvalue weighted by Gasteiger charge is 2.04. The summed E-state index contributed by atoms with van der Waals surface area (Å²) >= 11 is 0. The summed E-state index contributed by atoms with van der Waals surface area (Å²) in [6.07, 6.45) is 19.8. The predicted molar refractivity (Wildman–Crippen MR) is 94.0 cm³/mol. The summed E-state index contributed by atoms with van der Waals surface area (Å²) in [6.45, 7) is 11.1. The van der Waals surface area contributed by atoms with Crippen LogP contribution < -0.4 is 0 Å². The van der Waals surface area contributed by atoms with E-state index in [-0.39, 0.29) is 0 Å². The molecule has 2 unspecified atom stereocenters. The summed E-state index contributed by atoms with van der Waals surface area (Å²) in [7, 11) is 0. The van der Waals surface area contributed by atoms with Gasteiger partial charge in [-0.2, -0.15) is 0 Å². The maximum atomic E-state index is 3.98. The van der Waals surface area contributed by atoms with Crippen molar-refractivity contribution in [1.29, 1.82) is 0 Å². The van der Waals surface area contributed by atoms with Gasteiger partial charge in [0.05, 0.1) is 0 Å². The lowest BCUT2D eigenvalue weighted by molar-refractivity contribution is 0.409. The monoisotopic (exact) mass is 281 g/mol. The van der Waals surface area contributed by atoms with Gasteiger partial charge in [0.25, 0.3) is 0 Å². The van der Waals surface area contributed by atoms with E-state index in [0.717, 1.165) is 18.3 Å². The highest BCUT2D eigenvalue weighted by Crippen LogP contribution is 2.19. The Morgan fingerprint density at radius 1 is 0.600 bits per heavy atom. The molecule has 0 N–H and O–H groups in total. The van der Waals surface area contributed by atoms with E-state index in [0.29, 0.717) is 0 Å². The molecule has 0 heterocycles. The van der Waals surface area contributed by atoms with E-state index in [1.54, 1.807) is 0 Å². The molecule has 20 heavy (non-hydrogen) atoms. The molecule has 1 radical (unpaired) electrons. The van der Waals surface area contributed by atoms with E-state index < -0.39 is 0 Å². The SMILES string of the molecule is [CH2]CC(C)CCCC(C)CCCCCCCCCCC. The van der Waals surface area contributed by atoms with Crippen LogP contribution in [0.4, 0.5) is 0 Å². The minimum atomic E-state index is 0.829. The molecule has 0 aromatic heterocycles. The van der Waals surface area contributed by atoms with Crippen LogP contribution in [-0.2, 0) is 0 Å². The van der Waals surface area contributed by atoms with Gasteiger partial charge in [0.15, 0.2) is 0 Å². The van der Waals surface area contributed by atoms with Crippen LogP contribution in [0.2, 0.25) is 0 Å². The third-order valence-electron chi connectivity index (χ3n) is 4.69. The normalized spacial score (nSPS) is 14.4. The Morgan fingerprint density at radius 2 is 1.05 bits per heavy atom. The summed E-state index contributed by atoms with van der Waals surface area (Å²) in [5, 5.41) is 0. The molecule has 0 spiro atoms. The Hall–Kier alpha value is 0. The van der Waals surface area contributed by atoms with Crippen LogP contribution in [0.1, 0.15) is 111 Å². The van der Waals surface area contributed by atoms with Crippen molar-refractivity contribution in [3.8, 4) is 0 Å². The van der Waals surface area contributed by atoms with Gasteiger partial charge in [-0.25, -0.2) is 0 Å². The summed E-state index contributed by atoms with van der Waals surface area (Å²) in [5.74, 6) is 1.77. The molecule has 0 amide bonds. The minimum absolute atomic E-state index is 0.829. The van der Waals surface area contributed by atoms with Crippen LogP contribution in [0.25, 0.3) is 0 Å². The Labute approximate surface area is 130 Å². The molecule has 0 heteroatoms. The fraction of sp³-hybridized carbons (Fsp3) is 0.950. The molecule has 0 fully saturated rings. The largest absolute Gasteiger partial charge is 0.0654 e. The zero-order valence-electron chi connectivity index (χ0n) is 14.8. The van der Waals surface area contributed by atoms with E-state index in [4.69, 9.17) is 0 Å². The molecule has 0 saturated heterocycles. The summed E-state index contributed by atoms with van der Waals surface area (Å²) in [4.78, 5) is 0. The van der Waals surface area contributed by atoms with Gasteiger partial charge in [-0.1, -0.05) is 118 Å². The Bertz CT molecular complexity index is 173. The van der Waals surface area contributed by atoms with E-state index in [1.807, 2.05) is 0 Å². The lowest BCUT2D eigenvalue weighted by atomic mass is 9.93. The van der Waals surface area contributed by atoms with Gasteiger partial charge < -0.3 is 0 Å². The van der Waals surface area contributed by atoms with Gasteiger partial charge in [0.2, 0.25) is 0 Å². The van der Waals surface area contributed by atoms with Crippen molar-refractivity contribution in [1.82, 2.24) is 0 Å². The molecule has 0 aromatic carbocycles. The average molecular weight is 282 g/mol. The topological polar surface area (TPSA) is 0 Å². The second-order valence-corrected chi connectivity index (χ2v) is 7.05. The van der Waals surface area contributed by atoms with Crippen molar-refractivity contribution >= 4 is 0 Å². The molecule has 0 aromatic rings. The van der Waals surface area contributed by atoms with E-state index in [1.165, 1.54) is 83.5 Å². The van der Waals surface area contributed by atoms with Gasteiger partial charge in [0.1, 0.15) is 0 Å². The van der Waals surface area contributed by atoms with Gasteiger partial charge in [-0.3, -0.25) is 0 Å². The van der Waals surface area contributed by atoms with Crippen LogP contribution in [0.5, 0.6) is 0 Å². The van der Waals surface area contributed by atoms with E-state index >= 15 is 0 Å². The molecule has 0 saturated carbocycles. The maximum Gasteiger partial charge on any atom is -0.0443 e. The molecular formula is C20H41. The summed E-state index contributed by atoms with van der Waals surface area (Å²) in [6, 6.07) is 0. The highest BCUT2D eigenvalue weighted by atomic mass is 14.1. The number of hydrogen-bond acceptors (Lipinski definition) is 0. The van der Waals surface area contributed by atoms with Gasteiger partial charge in [-0.05, 0) is 11.8 Å². The average Bonchev–Trinajstić information content (AvgIpc) is 2.45. The van der Waals surface area contributed by atoms with Crippen molar-refractivity contribution in [3.05, 3.63) is 6.92 Å². The second kappa shape index (κ2) is 15.4. The number of unbranched alkanes of at least 4 members (excludes halogenated alkanes) is 8. The van der Waals surface area contributed by atoms with Crippen LogP contribution in [0.15, 0.2) is 0 Å². The van der Waals surface area contributed by atoms with Crippen LogP contribution >= 0.6 is 0 Å². The van der Waals surface area contributed by atoms with Gasteiger partial charge in [-0.15, -0.1) is 0 Å². The van der Waals surface area contributed by atoms with E-state index in [2.05, 4.69) is 27.7 Å². The predicted octanol–water partition coefficient (Wildman–Crippen LogP) is 7.57. The number of rotatable bonds is 15. The first kappa shape index (κ1) is 20.0. The molecule has 2 atom stereocenters. The molecule has 0 bridgehead atoms.